The fraction of sp³-hybridized carbons (Fsp3) is 0.0333. The number of benzene rings is 10. The topological polar surface area (TPSA) is 132 Å². The van der Waals surface area contributed by atoms with Crippen LogP contribution in [0.5, 0.6) is 0 Å². The van der Waals surface area contributed by atoms with Crippen molar-refractivity contribution in [2.75, 3.05) is 0 Å². The Balaban J connectivity index is 0.000000252. The van der Waals surface area contributed by atoms with E-state index >= 15 is 0 Å². The third kappa shape index (κ3) is 12.0. The fourth-order valence-corrected chi connectivity index (χ4v) is 13.1. The van der Waals surface area contributed by atoms with Gasteiger partial charge in [-0.05, 0) is 91.5 Å². The van der Waals surface area contributed by atoms with Crippen LogP contribution in [0.25, 0.3) is 32.7 Å². The zero-order chi connectivity index (χ0) is 47.2. The van der Waals surface area contributed by atoms with Crippen LogP contribution < -0.4 is 53.5 Å². The van der Waals surface area contributed by atoms with E-state index in [9.17, 15) is 19.8 Å². The summed E-state index contributed by atoms with van der Waals surface area (Å²) in [5, 5.41) is 33.9. The second-order valence-electron chi connectivity index (χ2n) is 15.8. The Bertz CT molecular complexity index is 2930. The van der Waals surface area contributed by atoms with E-state index in [1.807, 2.05) is 0 Å². The maximum Gasteiger partial charge on any atom is 2.00 e. The standard InChI is InChI=1S/C44H32P2.2C8H9NO2.Ru/c1-5-19-35(20-6-1)45(36-21-7-2-8-22-36)41-31-29-33-17-13-15-27-39(33)43(41)44-40-28-16-14-18-34(40)30-32-42(44)46(37-23-9-3-10-24-37)38-25-11-4-12-26-38;2*9-7(8(10)11)6-4-2-1-3-5-6;/h1-32H;2*1-5,7H,9H2,(H,10,11);/q;;;+2/p-2/t;2*7-;/m.00./s1. The number of rotatable bonds is 11. The number of carboxylic acid groups (broad SMARTS) is 2. The number of hydrogen-bond acceptors (Lipinski definition) is 6. The molecule has 0 radical (unpaired) electrons. The summed E-state index contributed by atoms with van der Waals surface area (Å²) in [6, 6.07) is 86.9. The first-order valence-corrected chi connectivity index (χ1v) is 24.9. The molecule has 0 unspecified atom stereocenters. The van der Waals surface area contributed by atoms with Crippen molar-refractivity contribution in [3.8, 4) is 11.1 Å². The molecule has 4 N–H and O–H groups in total. The van der Waals surface area contributed by atoms with Gasteiger partial charge in [-0.1, -0.05) is 255 Å². The molecule has 10 aromatic rings. The van der Waals surface area contributed by atoms with Crippen molar-refractivity contribution in [2.24, 2.45) is 11.5 Å². The van der Waals surface area contributed by atoms with Crippen LogP contribution in [0.1, 0.15) is 23.2 Å². The Hall–Kier alpha value is -6.94. The minimum absolute atomic E-state index is 0. The van der Waals surface area contributed by atoms with Crippen molar-refractivity contribution in [1.29, 1.82) is 0 Å². The first kappa shape index (κ1) is 50.0. The smallest absolute Gasteiger partial charge is 0.548 e. The van der Waals surface area contributed by atoms with Crippen LogP contribution >= 0.6 is 15.8 Å². The maximum atomic E-state index is 10.3. The van der Waals surface area contributed by atoms with Gasteiger partial charge in [-0.3, -0.25) is 0 Å². The zero-order valence-corrected chi connectivity index (χ0v) is 41.0. The van der Waals surface area contributed by atoms with Crippen LogP contribution in [0.2, 0.25) is 0 Å². The molecule has 6 nitrogen and oxygen atoms in total. The van der Waals surface area contributed by atoms with E-state index in [0.29, 0.717) is 11.1 Å². The summed E-state index contributed by atoms with van der Waals surface area (Å²) in [6.07, 6.45) is 0. The van der Waals surface area contributed by atoms with Crippen molar-refractivity contribution < 1.29 is 39.3 Å². The summed E-state index contributed by atoms with van der Waals surface area (Å²) in [5.74, 6) is -2.51. The normalized spacial score (nSPS) is 11.6. The zero-order valence-electron chi connectivity index (χ0n) is 37.4. The molecule has 10 rings (SSSR count). The summed E-state index contributed by atoms with van der Waals surface area (Å²) in [6.45, 7) is 0. The minimum Gasteiger partial charge on any atom is -0.548 e. The average Bonchev–Trinajstić information content (AvgIpc) is 3.40. The van der Waals surface area contributed by atoms with Gasteiger partial charge in [0.1, 0.15) is 0 Å². The largest absolute Gasteiger partial charge is 2.00 e. The van der Waals surface area contributed by atoms with Crippen molar-refractivity contribution in [1.82, 2.24) is 0 Å². The van der Waals surface area contributed by atoms with E-state index in [4.69, 9.17) is 11.5 Å². The summed E-state index contributed by atoms with van der Waals surface area (Å²) < 4.78 is 0. The van der Waals surface area contributed by atoms with Crippen LogP contribution in [0.15, 0.2) is 255 Å². The SMILES string of the molecule is N[C@H](C(=O)[O-])c1ccccc1.N[C@H](C(=O)[O-])c1ccccc1.[Ru+2].c1ccc(P(c2ccccc2)c2ccc3ccccc3c2-c2c(P(c3ccccc3)c3ccccc3)ccc3ccccc23)cc1. The van der Waals surface area contributed by atoms with Gasteiger partial charge >= 0.3 is 19.5 Å². The third-order valence-corrected chi connectivity index (χ3v) is 16.4. The average molecular weight is 1020 g/mol. The predicted octanol–water partition coefficient (Wildman–Crippen LogP) is 8.05. The molecule has 0 aliphatic heterocycles. The molecule has 340 valence electrons. The molecule has 0 fully saturated rings. The Morgan fingerprint density at radius 2 is 0.580 bits per heavy atom. The van der Waals surface area contributed by atoms with Crippen molar-refractivity contribution in [3.05, 3.63) is 266 Å². The molecule has 0 saturated heterocycles. The number of carbonyl (C=O) groups excluding carboxylic acids is 2. The van der Waals surface area contributed by atoms with E-state index in [-0.39, 0.29) is 19.5 Å². The van der Waals surface area contributed by atoms with Crippen LogP contribution in [0, 0.1) is 0 Å². The molecular formula is C60H48N2O4P2Ru. The molecule has 0 spiro atoms. The maximum absolute atomic E-state index is 10.3. The monoisotopic (exact) mass is 1020 g/mol. The molecule has 0 saturated carbocycles. The van der Waals surface area contributed by atoms with Crippen molar-refractivity contribution in [2.45, 2.75) is 12.1 Å². The van der Waals surface area contributed by atoms with E-state index in [0.717, 1.165) is 0 Å². The molecule has 0 aliphatic rings. The summed E-state index contributed by atoms with van der Waals surface area (Å²) >= 11 is 0. The van der Waals surface area contributed by atoms with Gasteiger partial charge in [0, 0.05) is 0 Å². The predicted molar refractivity (Wildman–Crippen MR) is 281 cm³/mol. The summed E-state index contributed by atoms with van der Waals surface area (Å²) in [7, 11) is -1.70. The van der Waals surface area contributed by atoms with Crippen LogP contribution in [0.4, 0.5) is 0 Å². The fourth-order valence-electron chi connectivity index (χ4n) is 8.17. The van der Waals surface area contributed by atoms with Gasteiger partial charge in [0.05, 0.1) is 24.0 Å². The van der Waals surface area contributed by atoms with E-state index in [1.54, 1.807) is 60.7 Å². The summed E-state index contributed by atoms with van der Waals surface area (Å²) in [4.78, 5) is 20.5. The number of nitrogens with two attached hydrogens (primary N) is 2. The van der Waals surface area contributed by atoms with Crippen LogP contribution in [-0.2, 0) is 29.1 Å². The molecule has 2 atom stereocenters. The van der Waals surface area contributed by atoms with Crippen molar-refractivity contribution >= 4 is 81.2 Å². The molecular weight excluding hydrogens is 976 g/mol. The molecule has 0 amide bonds. The van der Waals surface area contributed by atoms with E-state index in [1.165, 1.54) is 64.5 Å². The number of hydrogen-bond donors (Lipinski definition) is 2. The van der Waals surface area contributed by atoms with Gasteiger partial charge in [-0.25, -0.2) is 0 Å². The Labute approximate surface area is 418 Å². The van der Waals surface area contributed by atoms with Gasteiger partial charge in [0.2, 0.25) is 0 Å². The second kappa shape index (κ2) is 24.4. The molecule has 0 heterocycles. The van der Waals surface area contributed by atoms with E-state index < -0.39 is 39.9 Å². The van der Waals surface area contributed by atoms with Crippen LogP contribution in [0.3, 0.4) is 0 Å². The molecule has 0 aliphatic carbocycles. The second-order valence-corrected chi connectivity index (χ2v) is 20.2. The molecule has 9 heteroatoms. The number of carbonyl (C=O) groups is 2. The Morgan fingerprint density at radius 3 is 0.855 bits per heavy atom. The quantitative estimate of drug-likeness (QED) is 0.0997. The van der Waals surface area contributed by atoms with Crippen molar-refractivity contribution in [3.63, 3.8) is 0 Å². The van der Waals surface area contributed by atoms with Gasteiger partial charge in [0.25, 0.3) is 0 Å². The molecule has 0 bridgehead atoms. The molecule has 10 aromatic carbocycles. The van der Waals surface area contributed by atoms with E-state index in [2.05, 4.69) is 194 Å². The first-order chi connectivity index (χ1) is 33.3. The van der Waals surface area contributed by atoms with Gasteiger partial charge in [-0.15, -0.1) is 0 Å². The van der Waals surface area contributed by atoms with Gasteiger partial charge in [-0.2, -0.15) is 0 Å². The molecule has 69 heavy (non-hydrogen) atoms. The number of fused-ring (bicyclic) bond motifs is 2. The summed E-state index contributed by atoms with van der Waals surface area (Å²) in [5.41, 5.74) is 14.4. The Kier molecular flexibility index (Phi) is 17.6. The van der Waals surface area contributed by atoms with Gasteiger partial charge < -0.3 is 31.3 Å². The number of aliphatic carboxylic acids is 2. The van der Waals surface area contributed by atoms with Gasteiger partial charge in [0.15, 0.2) is 0 Å². The van der Waals surface area contributed by atoms with Crippen LogP contribution in [-0.4, -0.2) is 11.9 Å². The number of carboxylic acids is 2. The first-order valence-electron chi connectivity index (χ1n) is 22.2. The third-order valence-electron chi connectivity index (χ3n) is 11.4. The minimum atomic E-state index is -1.25. The molecule has 0 aromatic heterocycles. The Morgan fingerprint density at radius 1 is 0.333 bits per heavy atom.